The lowest BCUT2D eigenvalue weighted by molar-refractivity contribution is -0.117. The molecule has 1 amide bonds. The number of halogens is 3. The summed E-state index contributed by atoms with van der Waals surface area (Å²) in [6.45, 7) is 6.22. The lowest BCUT2D eigenvalue weighted by atomic mass is 9.90. The van der Waals surface area contributed by atoms with E-state index in [4.69, 9.17) is 28.3 Å². The SMILES string of the molecule is CC(C)(C)n1ccc([C@H]2C[C@@H](C(=O)Nc3ccc(Cl)cc3)N[C@H]2c2ccc(Cl)c(F)c2)n1. The summed E-state index contributed by atoms with van der Waals surface area (Å²) in [6.07, 6.45) is 2.46. The van der Waals surface area contributed by atoms with Gasteiger partial charge in [-0.25, -0.2) is 4.39 Å². The van der Waals surface area contributed by atoms with E-state index >= 15 is 0 Å². The smallest absolute Gasteiger partial charge is 0.241 e. The number of hydrogen-bond acceptors (Lipinski definition) is 3. The molecule has 1 fully saturated rings. The third-order valence-electron chi connectivity index (χ3n) is 5.68. The fraction of sp³-hybridized carbons (Fsp3) is 0.333. The van der Waals surface area contributed by atoms with Gasteiger partial charge in [0.25, 0.3) is 0 Å². The zero-order valence-corrected chi connectivity index (χ0v) is 19.6. The summed E-state index contributed by atoms with van der Waals surface area (Å²) in [5, 5.41) is 11.8. The number of carbonyl (C=O) groups is 1. The number of rotatable bonds is 4. The first-order chi connectivity index (χ1) is 15.1. The normalized spacial score (nSPS) is 21.0. The van der Waals surface area contributed by atoms with Crippen LogP contribution >= 0.6 is 23.2 Å². The van der Waals surface area contributed by atoms with Gasteiger partial charge >= 0.3 is 0 Å². The molecule has 4 rings (SSSR count). The van der Waals surface area contributed by atoms with Crippen LogP contribution in [0.25, 0.3) is 0 Å². The van der Waals surface area contributed by atoms with Crippen LogP contribution in [0, 0.1) is 5.82 Å². The highest BCUT2D eigenvalue weighted by Crippen LogP contribution is 2.41. The van der Waals surface area contributed by atoms with Gasteiger partial charge in [-0.3, -0.25) is 14.8 Å². The largest absolute Gasteiger partial charge is 0.325 e. The lowest BCUT2D eigenvalue weighted by Crippen LogP contribution is -2.36. The average Bonchev–Trinajstić information content (AvgIpc) is 3.39. The van der Waals surface area contributed by atoms with Crippen molar-refractivity contribution in [3.8, 4) is 0 Å². The summed E-state index contributed by atoms with van der Waals surface area (Å²) >= 11 is 11.8. The Morgan fingerprint density at radius 3 is 2.50 bits per heavy atom. The minimum Gasteiger partial charge on any atom is -0.325 e. The van der Waals surface area contributed by atoms with Crippen LogP contribution in [0.5, 0.6) is 0 Å². The van der Waals surface area contributed by atoms with Crippen LogP contribution in [0.15, 0.2) is 54.7 Å². The topological polar surface area (TPSA) is 59.0 Å². The average molecular weight is 475 g/mol. The number of benzene rings is 2. The summed E-state index contributed by atoms with van der Waals surface area (Å²) in [5.41, 5.74) is 2.08. The second kappa shape index (κ2) is 8.85. The van der Waals surface area contributed by atoms with Crippen molar-refractivity contribution in [3.05, 3.63) is 81.8 Å². The summed E-state index contributed by atoms with van der Waals surface area (Å²) in [6, 6.07) is 12.9. The maximum Gasteiger partial charge on any atom is 0.241 e. The number of aromatic nitrogens is 2. The van der Waals surface area contributed by atoms with E-state index in [0.29, 0.717) is 17.1 Å². The van der Waals surface area contributed by atoms with Crippen LogP contribution in [0.3, 0.4) is 0 Å². The van der Waals surface area contributed by atoms with Crippen molar-refractivity contribution in [2.24, 2.45) is 0 Å². The van der Waals surface area contributed by atoms with Crippen LogP contribution in [-0.4, -0.2) is 21.7 Å². The van der Waals surface area contributed by atoms with E-state index in [1.165, 1.54) is 6.07 Å². The molecule has 0 unspecified atom stereocenters. The molecule has 2 heterocycles. The number of nitrogens with zero attached hydrogens (tertiary/aromatic N) is 2. The van der Waals surface area contributed by atoms with Gasteiger partial charge in [-0.05, 0) is 75.2 Å². The molecule has 1 aromatic heterocycles. The molecule has 1 aliphatic rings. The molecule has 0 radical (unpaired) electrons. The third kappa shape index (κ3) is 4.82. The van der Waals surface area contributed by atoms with E-state index in [2.05, 4.69) is 31.4 Å². The Labute approximate surface area is 196 Å². The van der Waals surface area contributed by atoms with E-state index in [0.717, 1.165) is 11.3 Å². The highest BCUT2D eigenvalue weighted by molar-refractivity contribution is 6.31. The van der Waals surface area contributed by atoms with Crippen LogP contribution in [0.2, 0.25) is 10.0 Å². The molecule has 168 valence electrons. The second-order valence-corrected chi connectivity index (χ2v) is 9.91. The molecule has 1 aliphatic heterocycles. The van der Waals surface area contributed by atoms with Gasteiger partial charge < -0.3 is 5.32 Å². The first-order valence-electron chi connectivity index (χ1n) is 10.5. The molecule has 8 heteroatoms. The zero-order chi connectivity index (χ0) is 23.0. The summed E-state index contributed by atoms with van der Waals surface area (Å²) < 4.78 is 16.1. The molecule has 1 saturated heterocycles. The Bertz CT molecular complexity index is 1120. The molecule has 0 aliphatic carbocycles. The maximum atomic E-state index is 14.2. The van der Waals surface area contributed by atoms with Gasteiger partial charge in [0.05, 0.1) is 22.3 Å². The van der Waals surface area contributed by atoms with Crippen LogP contribution in [0.1, 0.15) is 50.4 Å². The summed E-state index contributed by atoms with van der Waals surface area (Å²) in [4.78, 5) is 13.0. The van der Waals surface area contributed by atoms with Crippen molar-refractivity contribution >= 4 is 34.8 Å². The fourth-order valence-electron chi connectivity index (χ4n) is 3.97. The summed E-state index contributed by atoms with van der Waals surface area (Å²) in [5.74, 6) is -0.761. The van der Waals surface area contributed by atoms with Crippen molar-refractivity contribution in [2.45, 2.75) is 50.7 Å². The molecule has 0 bridgehead atoms. The Balaban J connectivity index is 1.62. The molecular weight excluding hydrogens is 450 g/mol. The Kier molecular flexibility index (Phi) is 6.30. The maximum absolute atomic E-state index is 14.2. The van der Waals surface area contributed by atoms with Gasteiger partial charge in [-0.15, -0.1) is 0 Å². The van der Waals surface area contributed by atoms with Gasteiger partial charge in [0.15, 0.2) is 0 Å². The highest BCUT2D eigenvalue weighted by Gasteiger charge is 2.40. The molecule has 5 nitrogen and oxygen atoms in total. The standard InChI is InChI=1S/C24H25Cl2FN4O/c1-24(2,3)31-11-10-20(30-31)17-13-21(23(32)28-16-7-5-15(25)6-8-16)29-22(17)14-4-9-18(26)19(27)12-14/h4-12,17,21-22,29H,13H2,1-3H3,(H,28,32)/t17-,21+,22+/m1/s1. The molecule has 32 heavy (non-hydrogen) atoms. The number of carbonyl (C=O) groups excluding carboxylic acids is 1. The van der Waals surface area contributed by atoms with Gasteiger partial charge in [0.2, 0.25) is 5.91 Å². The van der Waals surface area contributed by atoms with Crippen LogP contribution in [-0.2, 0) is 10.3 Å². The van der Waals surface area contributed by atoms with Gasteiger partial charge in [0.1, 0.15) is 5.82 Å². The van der Waals surface area contributed by atoms with E-state index in [9.17, 15) is 9.18 Å². The predicted molar refractivity (Wildman–Crippen MR) is 126 cm³/mol. The van der Waals surface area contributed by atoms with E-state index in [1.54, 1.807) is 36.4 Å². The first kappa shape index (κ1) is 22.8. The van der Waals surface area contributed by atoms with Gasteiger partial charge in [0, 0.05) is 28.9 Å². The molecule has 2 N–H and O–H groups in total. The Morgan fingerprint density at radius 2 is 1.88 bits per heavy atom. The van der Waals surface area contributed by atoms with Crippen LogP contribution in [0.4, 0.5) is 10.1 Å². The predicted octanol–water partition coefficient (Wildman–Crippen LogP) is 5.91. The van der Waals surface area contributed by atoms with E-state index < -0.39 is 11.9 Å². The second-order valence-electron chi connectivity index (χ2n) is 9.06. The minimum absolute atomic E-state index is 0.0670. The molecule has 3 aromatic rings. The fourth-order valence-corrected chi connectivity index (χ4v) is 4.22. The van der Waals surface area contributed by atoms with Crippen LogP contribution < -0.4 is 10.6 Å². The minimum atomic E-state index is -0.487. The number of hydrogen-bond donors (Lipinski definition) is 2. The van der Waals surface area contributed by atoms with Crippen molar-refractivity contribution in [1.29, 1.82) is 0 Å². The zero-order valence-electron chi connectivity index (χ0n) is 18.1. The van der Waals surface area contributed by atoms with Crippen molar-refractivity contribution in [3.63, 3.8) is 0 Å². The lowest BCUT2D eigenvalue weighted by Gasteiger charge is -2.21. The number of nitrogens with one attached hydrogen (secondary N) is 2. The number of amides is 1. The highest BCUT2D eigenvalue weighted by atomic mass is 35.5. The monoisotopic (exact) mass is 474 g/mol. The Hall–Kier alpha value is -2.41. The molecular formula is C24H25Cl2FN4O. The summed E-state index contributed by atoms with van der Waals surface area (Å²) in [7, 11) is 0. The Morgan fingerprint density at radius 1 is 1.16 bits per heavy atom. The quantitative estimate of drug-likeness (QED) is 0.493. The molecule has 3 atom stereocenters. The molecule has 0 spiro atoms. The van der Waals surface area contributed by atoms with Crippen molar-refractivity contribution in [1.82, 2.24) is 15.1 Å². The van der Waals surface area contributed by atoms with Gasteiger partial charge in [-0.2, -0.15) is 5.10 Å². The first-order valence-corrected chi connectivity index (χ1v) is 11.2. The van der Waals surface area contributed by atoms with Crippen molar-refractivity contribution in [2.75, 3.05) is 5.32 Å². The molecule has 2 aromatic carbocycles. The van der Waals surface area contributed by atoms with E-state index in [-0.39, 0.29) is 28.4 Å². The van der Waals surface area contributed by atoms with Crippen molar-refractivity contribution < 1.29 is 9.18 Å². The van der Waals surface area contributed by atoms with E-state index in [1.807, 2.05) is 16.9 Å². The molecule has 0 saturated carbocycles. The number of anilines is 1. The van der Waals surface area contributed by atoms with Gasteiger partial charge in [-0.1, -0.05) is 29.3 Å². The third-order valence-corrected chi connectivity index (χ3v) is 6.24.